The van der Waals surface area contributed by atoms with Gasteiger partial charge >= 0.3 is 0 Å². The van der Waals surface area contributed by atoms with E-state index in [4.69, 9.17) is 16.4 Å². The van der Waals surface area contributed by atoms with Crippen LogP contribution in [0.4, 0.5) is 0 Å². The van der Waals surface area contributed by atoms with Crippen molar-refractivity contribution in [2.45, 2.75) is 5.75 Å². The summed E-state index contributed by atoms with van der Waals surface area (Å²) in [5.41, 5.74) is 1.14. The lowest BCUT2D eigenvalue weighted by Gasteiger charge is -2.09. The van der Waals surface area contributed by atoms with Gasteiger partial charge in [0.05, 0.1) is 6.54 Å². The fourth-order valence-corrected chi connectivity index (χ4v) is 2.48. The Bertz CT molecular complexity index is 381. The monoisotopic (exact) mass is 241 g/mol. The predicted molar refractivity (Wildman–Crippen MR) is 64.5 cm³/mol. The molecule has 0 atom stereocenters. The molecule has 0 fully saturated rings. The summed E-state index contributed by atoms with van der Waals surface area (Å²) >= 11 is 7.72. The van der Waals surface area contributed by atoms with Crippen LogP contribution in [0.5, 0.6) is 0 Å². The fraction of sp³-hybridized carbons (Fsp3) is 0.273. The average Bonchev–Trinajstić information content (AvgIpc) is 2.63. The van der Waals surface area contributed by atoms with Crippen LogP contribution in [-0.2, 0) is 10.6 Å². The zero-order chi connectivity index (χ0) is 10.7. The largest absolute Gasteiger partial charge is 0.399 e. The van der Waals surface area contributed by atoms with Crippen LogP contribution in [0.15, 0.2) is 35.4 Å². The Labute approximate surface area is 98.8 Å². The first kappa shape index (κ1) is 10.9. The Morgan fingerprint density at radius 1 is 1.47 bits per heavy atom. The molecular weight excluding hydrogens is 230 g/mol. The quantitative estimate of drug-likeness (QED) is 0.806. The van der Waals surface area contributed by atoms with E-state index in [1.165, 1.54) is 0 Å². The smallest absolute Gasteiger partial charge is 0.178 e. The average molecular weight is 242 g/mol. The summed E-state index contributed by atoms with van der Waals surface area (Å²) in [6.45, 7) is 0.852. The molecule has 1 aliphatic rings. The van der Waals surface area contributed by atoms with Crippen molar-refractivity contribution in [3.05, 3.63) is 46.0 Å². The molecule has 1 aromatic rings. The molecule has 0 spiro atoms. The molecule has 0 N–H and O–H groups in total. The summed E-state index contributed by atoms with van der Waals surface area (Å²) in [6.07, 6.45) is 2.07. The minimum Gasteiger partial charge on any atom is -0.399 e. The zero-order valence-corrected chi connectivity index (χ0v) is 10.0. The number of hydrogen-bond donors (Lipinski definition) is 0. The summed E-state index contributed by atoms with van der Waals surface area (Å²) in [6, 6.07) is 7.88. The van der Waals surface area contributed by atoms with Gasteiger partial charge in [0.25, 0.3) is 0 Å². The highest BCUT2D eigenvalue weighted by Gasteiger charge is 2.12. The van der Waals surface area contributed by atoms with Gasteiger partial charge in [-0.2, -0.15) is 0 Å². The van der Waals surface area contributed by atoms with Gasteiger partial charge < -0.3 is 4.84 Å². The molecule has 0 radical (unpaired) electrons. The number of halogens is 1. The molecule has 0 bridgehead atoms. The predicted octanol–water partition coefficient (Wildman–Crippen LogP) is 3.29. The Kier molecular flexibility index (Phi) is 3.57. The fourth-order valence-electron chi connectivity index (χ4n) is 1.28. The van der Waals surface area contributed by atoms with Crippen LogP contribution in [-0.4, -0.2) is 18.7 Å². The van der Waals surface area contributed by atoms with Gasteiger partial charge in [-0.1, -0.05) is 41.6 Å². The van der Waals surface area contributed by atoms with E-state index in [-0.39, 0.29) is 0 Å². The first-order valence-corrected chi connectivity index (χ1v) is 6.07. The molecule has 0 aliphatic carbocycles. The van der Waals surface area contributed by atoms with Crippen LogP contribution in [0.3, 0.4) is 0 Å². The molecule has 2 rings (SSSR count). The van der Waals surface area contributed by atoms with Gasteiger partial charge in [-0.15, -0.1) is 5.06 Å². The highest BCUT2D eigenvalue weighted by Crippen LogP contribution is 2.28. The SMILES string of the molecule is CN1CC=C(SCc2ccccc2Cl)O1. The summed E-state index contributed by atoms with van der Waals surface area (Å²) in [4.78, 5) is 5.44. The van der Waals surface area contributed by atoms with E-state index in [0.717, 1.165) is 28.0 Å². The lowest BCUT2D eigenvalue weighted by molar-refractivity contribution is -0.0547. The van der Waals surface area contributed by atoms with Crippen LogP contribution < -0.4 is 0 Å². The molecule has 4 heteroatoms. The lowest BCUT2D eigenvalue weighted by Crippen LogP contribution is -2.10. The molecule has 1 aromatic carbocycles. The van der Waals surface area contributed by atoms with Crippen molar-refractivity contribution >= 4 is 23.4 Å². The number of nitrogens with zero attached hydrogens (tertiary/aromatic N) is 1. The molecule has 0 saturated carbocycles. The van der Waals surface area contributed by atoms with E-state index >= 15 is 0 Å². The minimum absolute atomic E-state index is 0.817. The van der Waals surface area contributed by atoms with E-state index < -0.39 is 0 Å². The van der Waals surface area contributed by atoms with Gasteiger partial charge in [-0.25, -0.2) is 0 Å². The summed E-state index contributed by atoms with van der Waals surface area (Å²) in [5, 5.41) is 3.57. The third-order valence-corrected chi connectivity index (χ3v) is 3.44. The first-order chi connectivity index (χ1) is 7.25. The standard InChI is InChI=1S/C11H12ClNOS/c1-13-7-6-11(14-13)15-8-9-4-2-3-5-10(9)12/h2-6H,7-8H2,1H3. The van der Waals surface area contributed by atoms with Crippen molar-refractivity contribution in [3.8, 4) is 0 Å². The molecule has 0 aromatic heterocycles. The van der Waals surface area contributed by atoms with E-state index in [1.807, 2.05) is 31.3 Å². The molecule has 80 valence electrons. The highest BCUT2D eigenvalue weighted by molar-refractivity contribution is 8.02. The Morgan fingerprint density at radius 2 is 2.27 bits per heavy atom. The maximum atomic E-state index is 6.05. The molecular formula is C11H12ClNOS. The van der Waals surface area contributed by atoms with Gasteiger partial charge in [0, 0.05) is 17.8 Å². The number of benzene rings is 1. The van der Waals surface area contributed by atoms with Crippen LogP contribution in [0.25, 0.3) is 0 Å². The van der Waals surface area contributed by atoms with Gasteiger partial charge in [0.15, 0.2) is 5.09 Å². The topological polar surface area (TPSA) is 12.5 Å². The van der Waals surface area contributed by atoms with Crippen LogP contribution in [0.1, 0.15) is 5.56 Å². The molecule has 0 amide bonds. The number of rotatable bonds is 3. The molecule has 1 heterocycles. The maximum absolute atomic E-state index is 6.05. The highest BCUT2D eigenvalue weighted by atomic mass is 35.5. The van der Waals surface area contributed by atoms with Gasteiger partial charge in [0.2, 0.25) is 0 Å². The van der Waals surface area contributed by atoms with Crippen molar-refractivity contribution < 1.29 is 4.84 Å². The Morgan fingerprint density at radius 3 is 2.93 bits per heavy atom. The second kappa shape index (κ2) is 4.92. The third-order valence-electron chi connectivity index (χ3n) is 2.09. The van der Waals surface area contributed by atoms with E-state index in [1.54, 1.807) is 16.8 Å². The molecule has 1 aliphatic heterocycles. The van der Waals surface area contributed by atoms with Crippen molar-refractivity contribution in [2.24, 2.45) is 0 Å². The second-order valence-electron chi connectivity index (χ2n) is 3.31. The normalized spacial score (nSPS) is 16.3. The molecule has 15 heavy (non-hydrogen) atoms. The van der Waals surface area contributed by atoms with Crippen molar-refractivity contribution in [3.63, 3.8) is 0 Å². The summed E-state index contributed by atoms with van der Waals surface area (Å²) < 4.78 is 0. The molecule has 2 nitrogen and oxygen atoms in total. The van der Waals surface area contributed by atoms with Gasteiger partial charge in [-0.3, -0.25) is 0 Å². The van der Waals surface area contributed by atoms with Crippen molar-refractivity contribution in [1.29, 1.82) is 0 Å². The minimum atomic E-state index is 0.817. The van der Waals surface area contributed by atoms with Crippen LogP contribution >= 0.6 is 23.4 Å². The van der Waals surface area contributed by atoms with Gasteiger partial charge in [0.1, 0.15) is 0 Å². The number of likely N-dealkylation sites (N-methyl/N-ethyl adjacent to an activating group) is 1. The maximum Gasteiger partial charge on any atom is 0.178 e. The lowest BCUT2D eigenvalue weighted by atomic mass is 10.2. The van der Waals surface area contributed by atoms with Crippen molar-refractivity contribution in [1.82, 2.24) is 5.06 Å². The first-order valence-electron chi connectivity index (χ1n) is 4.71. The molecule has 0 unspecified atom stereocenters. The number of hydroxylamine groups is 2. The van der Waals surface area contributed by atoms with Crippen molar-refractivity contribution in [2.75, 3.05) is 13.6 Å². The van der Waals surface area contributed by atoms with E-state index in [0.29, 0.717) is 0 Å². The zero-order valence-electron chi connectivity index (χ0n) is 8.44. The Balaban J connectivity index is 1.91. The van der Waals surface area contributed by atoms with Crippen LogP contribution in [0, 0.1) is 0 Å². The molecule has 0 saturated heterocycles. The second-order valence-corrected chi connectivity index (χ2v) is 4.69. The summed E-state index contributed by atoms with van der Waals surface area (Å²) in [5.74, 6) is 0.847. The van der Waals surface area contributed by atoms with E-state index in [2.05, 4.69) is 6.08 Å². The number of hydrogen-bond acceptors (Lipinski definition) is 3. The third kappa shape index (κ3) is 2.91. The Hall–Kier alpha value is -0.640. The van der Waals surface area contributed by atoms with E-state index in [9.17, 15) is 0 Å². The van der Waals surface area contributed by atoms with Crippen LogP contribution in [0.2, 0.25) is 5.02 Å². The number of thioether (sulfide) groups is 1. The van der Waals surface area contributed by atoms with Gasteiger partial charge in [-0.05, 0) is 17.7 Å². The summed E-state index contributed by atoms with van der Waals surface area (Å²) in [7, 11) is 1.92.